The summed E-state index contributed by atoms with van der Waals surface area (Å²) in [6, 6.07) is 6.12. The first-order valence-electron chi connectivity index (χ1n) is 6.49. The van der Waals surface area contributed by atoms with Crippen molar-refractivity contribution in [2.24, 2.45) is 0 Å². The van der Waals surface area contributed by atoms with Gasteiger partial charge in [-0.15, -0.1) is 0 Å². The van der Waals surface area contributed by atoms with E-state index in [1.54, 1.807) is 0 Å². The highest BCUT2D eigenvalue weighted by molar-refractivity contribution is 5.97. The minimum atomic E-state index is 0.290. The number of hydrogen-bond donors (Lipinski definition) is 0. The van der Waals surface area contributed by atoms with Gasteiger partial charge in [0.05, 0.1) is 0 Å². The van der Waals surface area contributed by atoms with Gasteiger partial charge in [-0.2, -0.15) is 0 Å². The molecular formula is C15H21NO. The van der Waals surface area contributed by atoms with Crippen LogP contribution in [0.1, 0.15) is 40.7 Å². The molecule has 0 unspecified atom stereocenters. The van der Waals surface area contributed by atoms with E-state index >= 15 is 0 Å². The molecular weight excluding hydrogens is 210 g/mol. The Morgan fingerprint density at radius 3 is 2.65 bits per heavy atom. The lowest BCUT2D eigenvalue weighted by molar-refractivity contribution is 0.0968. The van der Waals surface area contributed by atoms with Crippen molar-refractivity contribution in [3.05, 3.63) is 34.9 Å². The van der Waals surface area contributed by atoms with Crippen LogP contribution in [0.3, 0.4) is 0 Å². The van der Waals surface area contributed by atoms with Gasteiger partial charge in [0.2, 0.25) is 0 Å². The summed E-state index contributed by atoms with van der Waals surface area (Å²) in [5.74, 6) is 0.290. The van der Waals surface area contributed by atoms with E-state index in [1.165, 1.54) is 31.5 Å². The Balaban J connectivity index is 1.96. The standard InChI is InChI=1S/C15H21NO/c1-12-5-6-13(2)14(11-12)15(17)7-10-16-8-3-4-9-16/h5-6,11H,3-4,7-10H2,1-2H3. The first kappa shape index (κ1) is 12.3. The molecule has 0 N–H and O–H groups in total. The van der Waals surface area contributed by atoms with E-state index in [0.29, 0.717) is 6.42 Å². The molecule has 0 radical (unpaired) electrons. The van der Waals surface area contributed by atoms with Crippen LogP contribution in [-0.4, -0.2) is 30.3 Å². The summed E-state index contributed by atoms with van der Waals surface area (Å²) in [5.41, 5.74) is 3.17. The zero-order valence-corrected chi connectivity index (χ0v) is 10.8. The molecule has 0 spiro atoms. The van der Waals surface area contributed by atoms with Crippen molar-refractivity contribution in [1.82, 2.24) is 4.90 Å². The molecule has 17 heavy (non-hydrogen) atoms. The number of aryl methyl sites for hydroxylation is 2. The third-order valence-electron chi connectivity index (χ3n) is 3.55. The molecule has 1 aromatic carbocycles. The number of nitrogens with zero attached hydrogens (tertiary/aromatic N) is 1. The number of Topliss-reactive ketones (excluding diaryl/α,β-unsaturated/α-hetero) is 1. The topological polar surface area (TPSA) is 20.3 Å². The molecule has 1 heterocycles. The lowest BCUT2D eigenvalue weighted by Gasteiger charge is -2.14. The van der Waals surface area contributed by atoms with E-state index in [1.807, 2.05) is 26.0 Å². The van der Waals surface area contributed by atoms with Crippen molar-refractivity contribution in [1.29, 1.82) is 0 Å². The molecule has 1 fully saturated rings. The summed E-state index contributed by atoms with van der Waals surface area (Å²) in [5, 5.41) is 0. The third kappa shape index (κ3) is 3.16. The Hall–Kier alpha value is -1.15. The van der Waals surface area contributed by atoms with Crippen molar-refractivity contribution in [2.75, 3.05) is 19.6 Å². The first-order chi connectivity index (χ1) is 8.16. The van der Waals surface area contributed by atoms with Gasteiger partial charge in [0.1, 0.15) is 0 Å². The predicted octanol–water partition coefficient (Wildman–Crippen LogP) is 2.97. The summed E-state index contributed by atoms with van der Waals surface area (Å²) in [7, 11) is 0. The van der Waals surface area contributed by atoms with Crippen LogP contribution in [0.5, 0.6) is 0 Å². The average molecular weight is 231 g/mol. The van der Waals surface area contributed by atoms with E-state index in [2.05, 4.69) is 11.0 Å². The van der Waals surface area contributed by atoms with Gasteiger partial charge in [0, 0.05) is 18.5 Å². The SMILES string of the molecule is Cc1ccc(C)c(C(=O)CCN2CCCC2)c1. The monoisotopic (exact) mass is 231 g/mol. The Labute approximate surface area is 104 Å². The van der Waals surface area contributed by atoms with Crippen LogP contribution in [0.15, 0.2) is 18.2 Å². The first-order valence-corrected chi connectivity index (χ1v) is 6.49. The van der Waals surface area contributed by atoms with Gasteiger partial charge in [-0.3, -0.25) is 4.79 Å². The Kier molecular flexibility index (Phi) is 3.95. The maximum Gasteiger partial charge on any atom is 0.164 e. The van der Waals surface area contributed by atoms with Crippen molar-refractivity contribution in [2.45, 2.75) is 33.1 Å². The van der Waals surface area contributed by atoms with E-state index in [-0.39, 0.29) is 5.78 Å². The van der Waals surface area contributed by atoms with Crippen molar-refractivity contribution in [3.8, 4) is 0 Å². The normalized spacial score (nSPS) is 16.4. The molecule has 0 bridgehead atoms. The molecule has 1 aromatic rings. The fraction of sp³-hybridized carbons (Fsp3) is 0.533. The molecule has 0 saturated carbocycles. The highest BCUT2D eigenvalue weighted by atomic mass is 16.1. The number of benzene rings is 1. The highest BCUT2D eigenvalue weighted by Gasteiger charge is 2.14. The van der Waals surface area contributed by atoms with Crippen LogP contribution >= 0.6 is 0 Å². The van der Waals surface area contributed by atoms with Crippen LogP contribution < -0.4 is 0 Å². The molecule has 0 aliphatic carbocycles. The number of carbonyl (C=O) groups is 1. The number of carbonyl (C=O) groups excluding carboxylic acids is 1. The van der Waals surface area contributed by atoms with Gasteiger partial charge in [0.25, 0.3) is 0 Å². The second-order valence-electron chi connectivity index (χ2n) is 5.04. The summed E-state index contributed by atoms with van der Waals surface area (Å²) in [6.45, 7) is 7.31. The van der Waals surface area contributed by atoms with Gasteiger partial charge in [-0.25, -0.2) is 0 Å². The molecule has 92 valence electrons. The van der Waals surface area contributed by atoms with E-state index in [4.69, 9.17) is 0 Å². The number of rotatable bonds is 4. The van der Waals surface area contributed by atoms with Crippen LogP contribution in [0, 0.1) is 13.8 Å². The minimum absolute atomic E-state index is 0.290. The van der Waals surface area contributed by atoms with Gasteiger partial charge in [-0.1, -0.05) is 17.7 Å². The summed E-state index contributed by atoms with van der Waals surface area (Å²) in [6.07, 6.45) is 3.24. The third-order valence-corrected chi connectivity index (χ3v) is 3.55. The molecule has 0 atom stereocenters. The smallest absolute Gasteiger partial charge is 0.164 e. The van der Waals surface area contributed by atoms with Crippen LogP contribution in [-0.2, 0) is 0 Å². The number of hydrogen-bond acceptors (Lipinski definition) is 2. The summed E-state index contributed by atoms with van der Waals surface area (Å²) in [4.78, 5) is 14.5. The van der Waals surface area contributed by atoms with Gasteiger partial charge < -0.3 is 4.90 Å². The number of likely N-dealkylation sites (tertiary alicyclic amines) is 1. The highest BCUT2D eigenvalue weighted by Crippen LogP contribution is 2.14. The van der Waals surface area contributed by atoms with Crippen molar-refractivity contribution in [3.63, 3.8) is 0 Å². The average Bonchev–Trinajstić information content (AvgIpc) is 2.82. The molecule has 0 aromatic heterocycles. The molecule has 1 aliphatic rings. The quantitative estimate of drug-likeness (QED) is 0.742. The lowest BCUT2D eigenvalue weighted by atomic mass is 10.0. The fourth-order valence-electron chi connectivity index (χ4n) is 2.44. The van der Waals surface area contributed by atoms with Gasteiger partial charge >= 0.3 is 0 Å². The van der Waals surface area contributed by atoms with E-state index < -0.39 is 0 Å². The maximum absolute atomic E-state index is 12.1. The summed E-state index contributed by atoms with van der Waals surface area (Å²) >= 11 is 0. The van der Waals surface area contributed by atoms with E-state index in [0.717, 1.165) is 17.7 Å². The second kappa shape index (κ2) is 5.46. The largest absolute Gasteiger partial charge is 0.303 e. The Morgan fingerprint density at radius 1 is 1.24 bits per heavy atom. The molecule has 2 nitrogen and oxygen atoms in total. The van der Waals surface area contributed by atoms with Gasteiger partial charge in [-0.05, 0) is 51.4 Å². The zero-order valence-electron chi connectivity index (χ0n) is 10.8. The van der Waals surface area contributed by atoms with Crippen LogP contribution in [0.2, 0.25) is 0 Å². The number of ketones is 1. The predicted molar refractivity (Wildman–Crippen MR) is 70.5 cm³/mol. The second-order valence-corrected chi connectivity index (χ2v) is 5.04. The van der Waals surface area contributed by atoms with Crippen LogP contribution in [0.4, 0.5) is 0 Å². The Morgan fingerprint density at radius 2 is 1.94 bits per heavy atom. The van der Waals surface area contributed by atoms with Crippen molar-refractivity contribution >= 4 is 5.78 Å². The van der Waals surface area contributed by atoms with Gasteiger partial charge in [0.15, 0.2) is 5.78 Å². The molecule has 0 amide bonds. The Bertz CT molecular complexity index is 405. The molecule has 1 saturated heterocycles. The molecule has 2 heteroatoms. The van der Waals surface area contributed by atoms with E-state index in [9.17, 15) is 4.79 Å². The maximum atomic E-state index is 12.1. The molecule has 2 rings (SSSR count). The lowest BCUT2D eigenvalue weighted by Crippen LogP contribution is -2.22. The molecule has 1 aliphatic heterocycles. The van der Waals surface area contributed by atoms with Crippen LogP contribution in [0.25, 0.3) is 0 Å². The zero-order chi connectivity index (χ0) is 12.3. The van der Waals surface area contributed by atoms with Crippen molar-refractivity contribution < 1.29 is 4.79 Å². The minimum Gasteiger partial charge on any atom is -0.303 e. The summed E-state index contributed by atoms with van der Waals surface area (Å²) < 4.78 is 0. The fourth-order valence-corrected chi connectivity index (χ4v) is 2.44.